The van der Waals surface area contributed by atoms with E-state index in [0.29, 0.717) is 5.56 Å². The molecular weight excluding hydrogens is 298 g/mol. The molecule has 0 bridgehead atoms. The number of aromatic nitrogens is 4. The van der Waals surface area contributed by atoms with E-state index in [2.05, 4.69) is 15.5 Å². The van der Waals surface area contributed by atoms with Crippen molar-refractivity contribution in [3.05, 3.63) is 58.5 Å². The van der Waals surface area contributed by atoms with Gasteiger partial charge in [-0.1, -0.05) is 12.1 Å². The average molecular weight is 313 g/mol. The first-order chi connectivity index (χ1) is 10.7. The van der Waals surface area contributed by atoms with Gasteiger partial charge >= 0.3 is 0 Å². The summed E-state index contributed by atoms with van der Waals surface area (Å²) in [4.78, 5) is 15.6. The lowest BCUT2D eigenvalue weighted by atomic mass is 10.1. The van der Waals surface area contributed by atoms with Gasteiger partial charge in [-0.15, -0.1) is 16.4 Å². The number of carbonyl (C=O) groups excluding carboxylic acids is 1. The third kappa shape index (κ3) is 2.75. The third-order valence-electron chi connectivity index (χ3n) is 3.56. The smallest absolute Gasteiger partial charge is 0.254 e. The summed E-state index contributed by atoms with van der Waals surface area (Å²) >= 11 is 1.65. The average Bonchev–Trinajstić information content (AvgIpc) is 3.25. The second kappa shape index (κ2) is 6.07. The summed E-state index contributed by atoms with van der Waals surface area (Å²) in [6.07, 6.45) is 1.50. The molecule has 112 valence electrons. The van der Waals surface area contributed by atoms with Crippen LogP contribution in [0.25, 0.3) is 5.69 Å². The van der Waals surface area contributed by atoms with Crippen molar-refractivity contribution < 1.29 is 4.79 Å². The summed E-state index contributed by atoms with van der Waals surface area (Å²) in [5.41, 5.74) is 1.37. The van der Waals surface area contributed by atoms with Crippen molar-refractivity contribution in [1.82, 2.24) is 25.1 Å². The number of rotatable bonds is 4. The molecule has 0 aliphatic carbocycles. The summed E-state index contributed by atoms with van der Waals surface area (Å²) < 4.78 is 1.53. The van der Waals surface area contributed by atoms with Gasteiger partial charge in [0, 0.05) is 17.5 Å². The van der Waals surface area contributed by atoms with Gasteiger partial charge < -0.3 is 4.90 Å². The van der Waals surface area contributed by atoms with Gasteiger partial charge in [0.2, 0.25) is 0 Å². The first-order valence-corrected chi connectivity index (χ1v) is 7.69. The third-order valence-corrected chi connectivity index (χ3v) is 4.61. The first-order valence-electron chi connectivity index (χ1n) is 6.81. The van der Waals surface area contributed by atoms with Crippen molar-refractivity contribution in [2.45, 2.75) is 13.0 Å². The van der Waals surface area contributed by atoms with E-state index in [1.807, 2.05) is 43.6 Å². The number of tetrazole rings is 1. The second-order valence-electron chi connectivity index (χ2n) is 4.91. The molecule has 0 N–H and O–H groups in total. The molecule has 1 atom stereocenters. The zero-order valence-corrected chi connectivity index (χ0v) is 13.1. The normalized spacial score (nSPS) is 12.1. The maximum absolute atomic E-state index is 12.7. The molecule has 0 spiro atoms. The van der Waals surface area contributed by atoms with Crippen molar-refractivity contribution in [3.8, 4) is 5.69 Å². The fourth-order valence-corrected chi connectivity index (χ4v) is 2.99. The molecule has 0 radical (unpaired) electrons. The molecule has 0 saturated heterocycles. The summed E-state index contributed by atoms with van der Waals surface area (Å²) in [6, 6.07) is 11.3. The maximum Gasteiger partial charge on any atom is 0.254 e. The highest BCUT2D eigenvalue weighted by Crippen LogP contribution is 2.25. The van der Waals surface area contributed by atoms with Crippen molar-refractivity contribution in [1.29, 1.82) is 0 Å². The van der Waals surface area contributed by atoms with Crippen molar-refractivity contribution >= 4 is 17.2 Å². The van der Waals surface area contributed by atoms with Crippen molar-refractivity contribution in [2.24, 2.45) is 0 Å². The van der Waals surface area contributed by atoms with Gasteiger partial charge in [-0.05, 0) is 47.0 Å². The minimum atomic E-state index is -0.0316. The fraction of sp³-hybridized carbons (Fsp3) is 0.200. The van der Waals surface area contributed by atoms with Crippen LogP contribution in [0.2, 0.25) is 0 Å². The standard InChI is InChI=1S/C15H15N5OS/c1-11(14-7-4-8-22-14)19(2)15(21)12-5-3-6-13(9-12)20-10-16-17-18-20/h3-11H,1-2H3/t11-/m0/s1. The van der Waals surface area contributed by atoms with E-state index in [1.54, 1.807) is 28.4 Å². The van der Waals surface area contributed by atoms with Crippen LogP contribution < -0.4 is 0 Å². The Morgan fingerprint density at radius 2 is 2.18 bits per heavy atom. The summed E-state index contributed by atoms with van der Waals surface area (Å²) in [7, 11) is 1.82. The van der Waals surface area contributed by atoms with E-state index in [1.165, 1.54) is 11.0 Å². The molecule has 0 aliphatic heterocycles. The second-order valence-corrected chi connectivity index (χ2v) is 5.89. The first kappa shape index (κ1) is 14.4. The largest absolute Gasteiger partial charge is 0.334 e. The van der Waals surface area contributed by atoms with Gasteiger partial charge in [-0.3, -0.25) is 4.79 Å². The van der Waals surface area contributed by atoms with Crippen molar-refractivity contribution in [2.75, 3.05) is 7.05 Å². The molecular formula is C15H15N5OS. The van der Waals surface area contributed by atoms with E-state index in [9.17, 15) is 4.79 Å². The minimum Gasteiger partial charge on any atom is -0.334 e. The van der Waals surface area contributed by atoms with Crippen LogP contribution in [-0.4, -0.2) is 38.1 Å². The predicted octanol–water partition coefficient (Wildman–Crippen LogP) is 2.56. The number of amides is 1. The highest BCUT2D eigenvalue weighted by atomic mass is 32.1. The number of carbonyl (C=O) groups is 1. The van der Waals surface area contributed by atoms with E-state index >= 15 is 0 Å². The Morgan fingerprint density at radius 3 is 2.86 bits per heavy atom. The van der Waals surface area contributed by atoms with Gasteiger partial charge in [-0.2, -0.15) is 0 Å². The molecule has 1 amide bonds. The Hall–Kier alpha value is -2.54. The van der Waals surface area contributed by atoms with Gasteiger partial charge in [0.05, 0.1) is 11.7 Å². The van der Waals surface area contributed by atoms with Crippen LogP contribution in [0.4, 0.5) is 0 Å². The van der Waals surface area contributed by atoms with Crippen LogP contribution in [0, 0.1) is 0 Å². The lowest BCUT2D eigenvalue weighted by Gasteiger charge is -2.24. The fourth-order valence-electron chi connectivity index (χ4n) is 2.16. The van der Waals surface area contributed by atoms with Gasteiger partial charge in [-0.25, -0.2) is 4.68 Å². The van der Waals surface area contributed by atoms with E-state index in [4.69, 9.17) is 0 Å². The zero-order valence-electron chi connectivity index (χ0n) is 12.2. The van der Waals surface area contributed by atoms with Crippen LogP contribution >= 0.6 is 11.3 Å². The minimum absolute atomic E-state index is 0.0316. The zero-order chi connectivity index (χ0) is 15.5. The number of thiophene rings is 1. The molecule has 0 saturated carbocycles. The lowest BCUT2D eigenvalue weighted by Crippen LogP contribution is -2.29. The molecule has 1 aromatic carbocycles. The quantitative estimate of drug-likeness (QED) is 0.742. The molecule has 0 aliphatic rings. The Morgan fingerprint density at radius 1 is 1.32 bits per heavy atom. The molecule has 3 aromatic rings. The van der Waals surface area contributed by atoms with Gasteiger partial charge in [0.15, 0.2) is 0 Å². The number of nitrogens with zero attached hydrogens (tertiary/aromatic N) is 5. The van der Waals surface area contributed by atoms with Gasteiger partial charge in [0.25, 0.3) is 5.91 Å². The summed E-state index contributed by atoms with van der Waals surface area (Å²) in [5.74, 6) is -0.0316. The highest BCUT2D eigenvalue weighted by Gasteiger charge is 2.20. The molecule has 2 aromatic heterocycles. The molecule has 3 rings (SSSR count). The molecule has 7 heteroatoms. The van der Waals surface area contributed by atoms with Crippen LogP contribution in [0.3, 0.4) is 0 Å². The van der Waals surface area contributed by atoms with Crippen molar-refractivity contribution in [3.63, 3.8) is 0 Å². The SMILES string of the molecule is C[C@@H](c1cccs1)N(C)C(=O)c1cccc(-n2cnnn2)c1. The Bertz CT molecular complexity index is 754. The lowest BCUT2D eigenvalue weighted by molar-refractivity contribution is 0.0745. The molecule has 0 unspecified atom stereocenters. The number of hydrogen-bond acceptors (Lipinski definition) is 5. The topological polar surface area (TPSA) is 63.9 Å². The summed E-state index contributed by atoms with van der Waals surface area (Å²) in [5, 5.41) is 13.1. The number of hydrogen-bond donors (Lipinski definition) is 0. The van der Waals surface area contributed by atoms with Crippen LogP contribution in [0.15, 0.2) is 48.1 Å². The van der Waals surface area contributed by atoms with Crippen LogP contribution in [0.5, 0.6) is 0 Å². The van der Waals surface area contributed by atoms with Crippen LogP contribution in [-0.2, 0) is 0 Å². The van der Waals surface area contributed by atoms with E-state index in [-0.39, 0.29) is 11.9 Å². The monoisotopic (exact) mass is 313 g/mol. The molecule has 2 heterocycles. The predicted molar refractivity (Wildman–Crippen MR) is 84.0 cm³/mol. The Kier molecular flexibility index (Phi) is 3.97. The Labute approximate surface area is 132 Å². The Balaban J connectivity index is 1.84. The van der Waals surface area contributed by atoms with E-state index in [0.717, 1.165) is 10.6 Å². The molecule has 6 nitrogen and oxygen atoms in total. The van der Waals surface area contributed by atoms with E-state index < -0.39 is 0 Å². The number of benzene rings is 1. The molecule has 22 heavy (non-hydrogen) atoms. The van der Waals surface area contributed by atoms with Crippen LogP contribution in [0.1, 0.15) is 28.2 Å². The summed E-state index contributed by atoms with van der Waals surface area (Å²) in [6.45, 7) is 2.02. The molecule has 0 fully saturated rings. The maximum atomic E-state index is 12.7. The highest BCUT2D eigenvalue weighted by molar-refractivity contribution is 7.10. The van der Waals surface area contributed by atoms with Gasteiger partial charge in [0.1, 0.15) is 6.33 Å².